The van der Waals surface area contributed by atoms with E-state index in [4.69, 9.17) is 17.3 Å². The van der Waals surface area contributed by atoms with E-state index in [0.29, 0.717) is 12.1 Å². The summed E-state index contributed by atoms with van der Waals surface area (Å²) >= 11 is 5.70. The number of carbonyl (C=O) groups excluding carboxylic acids is 1. The van der Waals surface area contributed by atoms with E-state index in [1.54, 1.807) is 6.92 Å². The molecule has 0 aliphatic carbocycles. The zero-order chi connectivity index (χ0) is 13.1. The van der Waals surface area contributed by atoms with Crippen LogP contribution in [-0.2, 0) is 10.3 Å². The summed E-state index contributed by atoms with van der Waals surface area (Å²) in [7, 11) is 0. The van der Waals surface area contributed by atoms with E-state index in [9.17, 15) is 9.18 Å². The zero-order valence-electron chi connectivity index (χ0n) is 9.89. The van der Waals surface area contributed by atoms with Gasteiger partial charge in [-0.25, -0.2) is 4.39 Å². The first-order valence-corrected chi connectivity index (χ1v) is 5.80. The molecule has 0 saturated heterocycles. The highest BCUT2D eigenvalue weighted by Gasteiger charge is 2.32. The minimum absolute atomic E-state index is 0.0201. The standard InChI is InChI=1S/C12H16ClFN2O/c1-3-6-16-12(2,11(15)17)8-4-5-10(14)9(13)7-8/h4-5,7,16H,3,6H2,1-2H3,(H2,15,17). The topological polar surface area (TPSA) is 55.1 Å². The number of nitrogens with two attached hydrogens (primary N) is 1. The molecule has 0 aromatic heterocycles. The Hall–Kier alpha value is -1.13. The third-order valence-corrected chi connectivity index (χ3v) is 3.01. The third-order valence-electron chi connectivity index (χ3n) is 2.72. The van der Waals surface area contributed by atoms with Gasteiger partial charge in [0.15, 0.2) is 0 Å². The molecule has 3 N–H and O–H groups in total. The van der Waals surface area contributed by atoms with Crippen LogP contribution in [0.4, 0.5) is 4.39 Å². The molecule has 1 aromatic rings. The first kappa shape index (κ1) is 13.9. The Bertz CT molecular complexity index is 425. The SMILES string of the molecule is CCCNC(C)(C(N)=O)c1ccc(F)c(Cl)c1. The van der Waals surface area contributed by atoms with Gasteiger partial charge in [0, 0.05) is 0 Å². The number of amides is 1. The zero-order valence-corrected chi connectivity index (χ0v) is 10.6. The van der Waals surface area contributed by atoms with Gasteiger partial charge in [-0.3, -0.25) is 10.1 Å². The highest BCUT2D eigenvalue weighted by atomic mass is 35.5. The second-order valence-corrected chi connectivity index (χ2v) is 4.45. The fraction of sp³-hybridized carbons (Fsp3) is 0.417. The lowest BCUT2D eigenvalue weighted by molar-refractivity contribution is -0.124. The van der Waals surface area contributed by atoms with Crippen LogP contribution in [-0.4, -0.2) is 12.5 Å². The van der Waals surface area contributed by atoms with Crippen LogP contribution in [0.2, 0.25) is 5.02 Å². The van der Waals surface area contributed by atoms with Crippen LogP contribution >= 0.6 is 11.6 Å². The minimum Gasteiger partial charge on any atom is -0.368 e. The summed E-state index contributed by atoms with van der Waals surface area (Å²) in [4.78, 5) is 11.5. The number of benzene rings is 1. The van der Waals surface area contributed by atoms with Gasteiger partial charge in [-0.05, 0) is 37.6 Å². The van der Waals surface area contributed by atoms with Crippen LogP contribution in [0.3, 0.4) is 0 Å². The molecule has 0 aliphatic rings. The summed E-state index contributed by atoms with van der Waals surface area (Å²) in [5.41, 5.74) is 4.92. The van der Waals surface area contributed by atoms with Crippen molar-refractivity contribution in [3.05, 3.63) is 34.6 Å². The lowest BCUT2D eigenvalue weighted by Crippen LogP contribution is -2.50. The Balaban J connectivity index is 3.13. The summed E-state index contributed by atoms with van der Waals surface area (Å²) < 4.78 is 13.1. The van der Waals surface area contributed by atoms with E-state index in [1.807, 2.05) is 6.92 Å². The third kappa shape index (κ3) is 2.96. The van der Waals surface area contributed by atoms with Gasteiger partial charge in [-0.15, -0.1) is 0 Å². The molecular weight excluding hydrogens is 243 g/mol. The van der Waals surface area contributed by atoms with Crippen molar-refractivity contribution in [2.75, 3.05) is 6.54 Å². The Morgan fingerprint density at radius 1 is 1.59 bits per heavy atom. The van der Waals surface area contributed by atoms with E-state index in [1.165, 1.54) is 18.2 Å². The van der Waals surface area contributed by atoms with Gasteiger partial charge in [0.05, 0.1) is 5.02 Å². The molecule has 1 aromatic carbocycles. The van der Waals surface area contributed by atoms with Crippen molar-refractivity contribution < 1.29 is 9.18 Å². The first-order valence-electron chi connectivity index (χ1n) is 5.42. The molecule has 0 fully saturated rings. The Kier molecular flexibility index (Phi) is 4.48. The smallest absolute Gasteiger partial charge is 0.242 e. The normalized spacial score (nSPS) is 14.4. The van der Waals surface area contributed by atoms with E-state index in [2.05, 4.69) is 5.32 Å². The van der Waals surface area contributed by atoms with E-state index in [-0.39, 0.29) is 5.02 Å². The Morgan fingerprint density at radius 2 is 2.24 bits per heavy atom. The molecule has 1 unspecified atom stereocenters. The molecule has 0 spiro atoms. The molecule has 0 bridgehead atoms. The van der Waals surface area contributed by atoms with Crippen molar-refractivity contribution in [3.63, 3.8) is 0 Å². The highest BCUT2D eigenvalue weighted by Crippen LogP contribution is 2.25. The van der Waals surface area contributed by atoms with Gasteiger partial charge in [-0.2, -0.15) is 0 Å². The molecule has 17 heavy (non-hydrogen) atoms. The minimum atomic E-state index is -1.03. The number of hydrogen-bond donors (Lipinski definition) is 2. The largest absolute Gasteiger partial charge is 0.368 e. The molecule has 0 saturated carbocycles. The maximum Gasteiger partial charge on any atom is 0.242 e. The molecule has 0 radical (unpaired) electrons. The first-order chi connectivity index (χ1) is 7.91. The van der Waals surface area contributed by atoms with Gasteiger partial charge in [0.25, 0.3) is 0 Å². The average molecular weight is 259 g/mol. The van der Waals surface area contributed by atoms with Gasteiger partial charge < -0.3 is 5.73 Å². The number of carbonyl (C=O) groups is 1. The number of halogens is 2. The van der Waals surface area contributed by atoms with Gasteiger partial charge >= 0.3 is 0 Å². The van der Waals surface area contributed by atoms with Crippen molar-refractivity contribution in [1.82, 2.24) is 5.32 Å². The number of primary amides is 1. The summed E-state index contributed by atoms with van der Waals surface area (Å²) in [6.45, 7) is 4.27. The fourth-order valence-corrected chi connectivity index (χ4v) is 1.69. The molecule has 5 heteroatoms. The molecule has 0 aliphatic heterocycles. The van der Waals surface area contributed by atoms with Crippen molar-refractivity contribution in [3.8, 4) is 0 Å². The Morgan fingerprint density at radius 3 is 2.71 bits per heavy atom. The van der Waals surface area contributed by atoms with Crippen molar-refractivity contribution in [2.45, 2.75) is 25.8 Å². The maximum absolute atomic E-state index is 13.1. The predicted molar refractivity (Wildman–Crippen MR) is 66.3 cm³/mol. The lowest BCUT2D eigenvalue weighted by Gasteiger charge is -2.28. The average Bonchev–Trinajstić information content (AvgIpc) is 2.29. The van der Waals surface area contributed by atoms with Crippen LogP contribution in [0.5, 0.6) is 0 Å². The molecule has 3 nitrogen and oxygen atoms in total. The maximum atomic E-state index is 13.1. The summed E-state index contributed by atoms with van der Waals surface area (Å²) in [6, 6.07) is 4.16. The molecule has 0 heterocycles. The fourth-order valence-electron chi connectivity index (χ4n) is 1.51. The van der Waals surface area contributed by atoms with Gasteiger partial charge in [-0.1, -0.05) is 24.6 Å². The van der Waals surface area contributed by atoms with E-state index in [0.717, 1.165) is 6.42 Å². The summed E-state index contributed by atoms with van der Waals surface area (Å²) in [6.07, 6.45) is 0.859. The molecule has 1 rings (SSSR count). The number of hydrogen-bond acceptors (Lipinski definition) is 2. The summed E-state index contributed by atoms with van der Waals surface area (Å²) in [5.74, 6) is -1.04. The van der Waals surface area contributed by atoms with Crippen molar-refractivity contribution in [1.29, 1.82) is 0 Å². The van der Waals surface area contributed by atoms with Crippen LogP contribution < -0.4 is 11.1 Å². The quantitative estimate of drug-likeness (QED) is 0.851. The van der Waals surface area contributed by atoms with Crippen molar-refractivity contribution in [2.24, 2.45) is 5.73 Å². The van der Waals surface area contributed by atoms with Crippen LogP contribution in [0, 0.1) is 5.82 Å². The van der Waals surface area contributed by atoms with Crippen LogP contribution in [0.15, 0.2) is 18.2 Å². The number of rotatable bonds is 5. The summed E-state index contributed by atoms with van der Waals surface area (Å²) in [5, 5.41) is 3.03. The molecular formula is C12H16ClFN2O. The molecule has 94 valence electrons. The van der Waals surface area contributed by atoms with E-state index >= 15 is 0 Å². The molecule has 1 atom stereocenters. The highest BCUT2D eigenvalue weighted by molar-refractivity contribution is 6.30. The van der Waals surface area contributed by atoms with Crippen LogP contribution in [0.1, 0.15) is 25.8 Å². The van der Waals surface area contributed by atoms with E-state index < -0.39 is 17.3 Å². The van der Waals surface area contributed by atoms with Gasteiger partial charge in [0.1, 0.15) is 11.4 Å². The Labute approximate surface area is 105 Å². The second kappa shape index (κ2) is 5.47. The predicted octanol–water partition coefficient (Wildman–Crippen LogP) is 2.18. The molecule has 1 amide bonds. The lowest BCUT2D eigenvalue weighted by atomic mass is 9.91. The second-order valence-electron chi connectivity index (χ2n) is 4.04. The monoisotopic (exact) mass is 258 g/mol. The van der Waals surface area contributed by atoms with Crippen molar-refractivity contribution >= 4 is 17.5 Å². The van der Waals surface area contributed by atoms with Gasteiger partial charge in [0.2, 0.25) is 5.91 Å². The number of nitrogens with one attached hydrogen (secondary N) is 1. The van der Waals surface area contributed by atoms with Crippen LogP contribution in [0.25, 0.3) is 0 Å².